The van der Waals surface area contributed by atoms with Gasteiger partial charge in [0.15, 0.2) is 0 Å². The lowest BCUT2D eigenvalue weighted by atomic mass is 10.2. The molecule has 0 spiro atoms. The second-order valence-corrected chi connectivity index (χ2v) is 5.03. The summed E-state index contributed by atoms with van der Waals surface area (Å²) in [6.07, 6.45) is -0.137. The standard InChI is InChI=1S/C18H14N4O2/c19-12-15-16(11-17(23)24-14-9-5-2-6-10-14)21-22(18(15)20)13-7-3-1-4-8-13/h1-10H,11,20H2. The Morgan fingerprint density at radius 1 is 1.12 bits per heavy atom. The van der Waals surface area contributed by atoms with Crippen LogP contribution < -0.4 is 10.5 Å². The molecule has 0 radical (unpaired) electrons. The molecule has 118 valence electrons. The summed E-state index contributed by atoms with van der Waals surface area (Å²) in [4.78, 5) is 12.1. The number of rotatable bonds is 4. The van der Waals surface area contributed by atoms with E-state index in [9.17, 15) is 10.1 Å². The molecule has 0 bridgehead atoms. The molecule has 1 heterocycles. The van der Waals surface area contributed by atoms with Crippen LogP contribution in [-0.2, 0) is 11.2 Å². The number of nitrogen functional groups attached to an aromatic ring is 1. The fraction of sp³-hybridized carbons (Fsp3) is 0.0556. The molecule has 0 amide bonds. The minimum Gasteiger partial charge on any atom is -0.426 e. The lowest BCUT2D eigenvalue weighted by Crippen LogP contribution is -2.12. The van der Waals surface area contributed by atoms with Crippen LogP contribution in [0.15, 0.2) is 60.7 Å². The Morgan fingerprint density at radius 3 is 2.38 bits per heavy atom. The van der Waals surface area contributed by atoms with Crippen molar-refractivity contribution in [2.24, 2.45) is 0 Å². The van der Waals surface area contributed by atoms with Crippen LogP contribution in [-0.4, -0.2) is 15.7 Å². The van der Waals surface area contributed by atoms with Crippen LogP contribution >= 0.6 is 0 Å². The first-order valence-corrected chi connectivity index (χ1v) is 7.27. The van der Waals surface area contributed by atoms with E-state index in [1.54, 1.807) is 24.3 Å². The van der Waals surface area contributed by atoms with E-state index in [0.717, 1.165) is 0 Å². The van der Waals surface area contributed by atoms with Crippen molar-refractivity contribution in [3.8, 4) is 17.5 Å². The van der Waals surface area contributed by atoms with Gasteiger partial charge in [0.25, 0.3) is 0 Å². The number of carbonyl (C=O) groups is 1. The Kier molecular flexibility index (Phi) is 4.25. The first-order chi connectivity index (χ1) is 11.7. The Morgan fingerprint density at radius 2 is 1.75 bits per heavy atom. The van der Waals surface area contributed by atoms with Crippen molar-refractivity contribution >= 4 is 11.8 Å². The molecule has 0 aliphatic heterocycles. The lowest BCUT2D eigenvalue weighted by molar-refractivity contribution is -0.133. The highest BCUT2D eigenvalue weighted by Gasteiger charge is 2.19. The Balaban J connectivity index is 1.86. The zero-order chi connectivity index (χ0) is 16.9. The molecular formula is C18H14N4O2. The summed E-state index contributed by atoms with van der Waals surface area (Å²) in [5.74, 6) is 0.137. The highest BCUT2D eigenvalue weighted by molar-refractivity contribution is 5.76. The van der Waals surface area contributed by atoms with E-state index in [0.29, 0.717) is 17.1 Å². The molecular weight excluding hydrogens is 304 g/mol. The minimum absolute atomic E-state index is 0.137. The van der Waals surface area contributed by atoms with Crippen molar-refractivity contribution in [1.82, 2.24) is 9.78 Å². The number of benzene rings is 2. The van der Waals surface area contributed by atoms with Crippen LogP contribution in [0.4, 0.5) is 5.82 Å². The lowest BCUT2D eigenvalue weighted by Gasteiger charge is -2.03. The van der Waals surface area contributed by atoms with Gasteiger partial charge in [-0.15, -0.1) is 0 Å². The largest absolute Gasteiger partial charge is 0.426 e. The van der Waals surface area contributed by atoms with Crippen molar-refractivity contribution in [2.45, 2.75) is 6.42 Å². The topological polar surface area (TPSA) is 93.9 Å². The maximum Gasteiger partial charge on any atom is 0.317 e. The number of nitriles is 1. The molecule has 2 aromatic carbocycles. The van der Waals surface area contributed by atoms with E-state index in [4.69, 9.17) is 10.5 Å². The SMILES string of the molecule is N#Cc1c(CC(=O)Oc2ccccc2)nn(-c2ccccc2)c1N. The molecule has 0 unspecified atom stereocenters. The summed E-state index contributed by atoms with van der Waals surface area (Å²) < 4.78 is 6.68. The molecule has 0 saturated carbocycles. The third kappa shape index (κ3) is 3.10. The monoisotopic (exact) mass is 318 g/mol. The summed E-state index contributed by atoms with van der Waals surface area (Å²) in [7, 11) is 0. The molecule has 0 aliphatic rings. The fourth-order valence-corrected chi connectivity index (χ4v) is 2.28. The number of aromatic nitrogens is 2. The molecule has 0 aliphatic carbocycles. The molecule has 3 aromatic rings. The van der Waals surface area contributed by atoms with Gasteiger partial charge in [-0.3, -0.25) is 4.79 Å². The van der Waals surface area contributed by atoms with Gasteiger partial charge in [0, 0.05) is 0 Å². The van der Waals surface area contributed by atoms with Gasteiger partial charge in [0.05, 0.1) is 17.8 Å². The molecule has 6 heteroatoms. The molecule has 0 fully saturated rings. The molecule has 1 aromatic heterocycles. The normalized spacial score (nSPS) is 10.1. The molecule has 2 N–H and O–H groups in total. The summed E-state index contributed by atoms with van der Waals surface area (Å²) in [5.41, 5.74) is 7.19. The Labute approximate surface area is 138 Å². The van der Waals surface area contributed by atoms with Gasteiger partial charge in [-0.2, -0.15) is 10.4 Å². The molecule has 3 rings (SSSR count). The quantitative estimate of drug-likeness (QED) is 0.589. The van der Waals surface area contributed by atoms with Gasteiger partial charge >= 0.3 is 5.97 Å². The summed E-state index contributed by atoms with van der Waals surface area (Å²) in [5, 5.41) is 13.6. The van der Waals surface area contributed by atoms with Crippen LogP contribution in [0.25, 0.3) is 5.69 Å². The molecule has 0 saturated heterocycles. The third-order valence-corrected chi connectivity index (χ3v) is 3.39. The number of carbonyl (C=O) groups excluding carboxylic acids is 1. The predicted molar refractivity (Wildman–Crippen MR) is 88.5 cm³/mol. The average molecular weight is 318 g/mol. The van der Waals surface area contributed by atoms with Gasteiger partial charge in [-0.1, -0.05) is 36.4 Å². The summed E-state index contributed by atoms with van der Waals surface area (Å²) in [6.45, 7) is 0. The Bertz CT molecular complexity index is 896. The van der Waals surface area contributed by atoms with E-state index in [1.165, 1.54) is 4.68 Å². The van der Waals surface area contributed by atoms with Gasteiger partial charge in [-0.05, 0) is 24.3 Å². The fourth-order valence-electron chi connectivity index (χ4n) is 2.28. The maximum absolute atomic E-state index is 12.1. The number of hydrogen-bond donors (Lipinski definition) is 1. The minimum atomic E-state index is -0.504. The van der Waals surface area contributed by atoms with Gasteiger partial charge < -0.3 is 10.5 Å². The number of hydrogen-bond acceptors (Lipinski definition) is 5. The average Bonchev–Trinajstić information content (AvgIpc) is 2.91. The highest BCUT2D eigenvalue weighted by atomic mass is 16.5. The Hall–Kier alpha value is -3.59. The third-order valence-electron chi connectivity index (χ3n) is 3.39. The van der Waals surface area contributed by atoms with Crippen molar-refractivity contribution in [3.05, 3.63) is 71.9 Å². The number of nitrogens with two attached hydrogens (primary N) is 1. The number of nitrogens with zero attached hydrogens (tertiary/aromatic N) is 3. The number of anilines is 1. The van der Waals surface area contributed by atoms with E-state index >= 15 is 0 Å². The predicted octanol–water partition coefficient (Wildman–Crippen LogP) is 2.47. The number of ether oxygens (including phenoxy) is 1. The zero-order valence-corrected chi connectivity index (χ0v) is 12.7. The van der Waals surface area contributed by atoms with Crippen molar-refractivity contribution < 1.29 is 9.53 Å². The van der Waals surface area contributed by atoms with Gasteiger partial charge in [-0.25, -0.2) is 4.68 Å². The highest BCUT2D eigenvalue weighted by Crippen LogP contribution is 2.21. The van der Waals surface area contributed by atoms with Crippen molar-refractivity contribution in [3.63, 3.8) is 0 Å². The maximum atomic E-state index is 12.1. The molecule has 24 heavy (non-hydrogen) atoms. The summed E-state index contributed by atoms with van der Waals surface area (Å²) in [6, 6.07) is 19.9. The molecule has 6 nitrogen and oxygen atoms in total. The van der Waals surface area contributed by atoms with E-state index in [-0.39, 0.29) is 17.8 Å². The smallest absolute Gasteiger partial charge is 0.317 e. The van der Waals surface area contributed by atoms with Gasteiger partial charge in [0.1, 0.15) is 23.2 Å². The van der Waals surface area contributed by atoms with Crippen LogP contribution in [0.2, 0.25) is 0 Å². The van der Waals surface area contributed by atoms with Crippen molar-refractivity contribution in [1.29, 1.82) is 5.26 Å². The van der Waals surface area contributed by atoms with Crippen LogP contribution in [0.1, 0.15) is 11.3 Å². The first kappa shape index (κ1) is 15.3. The van der Waals surface area contributed by atoms with E-state index in [2.05, 4.69) is 5.10 Å². The zero-order valence-electron chi connectivity index (χ0n) is 12.7. The second-order valence-electron chi connectivity index (χ2n) is 5.03. The van der Waals surface area contributed by atoms with Crippen LogP contribution in [0.5, 0.6) is 5.75 Å². The first-order valence-electron chi connectivity index (χ1n) is 7.27. The second kappa shape index (κ2) is 6.67. The van der Waals surface area contributed by atoms with Crippen LogP contribution in [0, 0.1) is 11.3 Å². The summed E-state index contributed by atoms with van der Waals surface area (Å²) >= 11 is 0. The van der Waals surface area contributed by atoms with Crippen LogP contribution in [0.3, 0.4) is 0 Å². The van der Waals surface area contributed by atoms with E-state index < -0.39 is 5.97 Å². The molecule has 0 atom stereocenters. The number of para-hydroxylation sites is 2. The van der Waals surface area contributed by atoms with Crippen molar-refractivity contribution in [2.75, 3.05) is 5.73 Å². The number of esters is 1. The van der Waals surface area contributed by atoms with Gasteiger partial charge in [0.2, 0.25) is 0 Å². The van der Waals surface area contributed by atoms with E-state index in [1.807, 2.05) is 42.5 Å².